The third kappa shape index (κ3) is 9.07. The molecule has 0 aromatic rings. The summed E-state index contributed by atoms with van der Waals surface area (Å²) >= 11 is 0. The van der Waals surface area contributed by atoms with Gasteiger partial charge in [-0.1, -0.05) is 27.7 Å². The van der Waals surface area contributed by atoms with Gasteiger partial charge in [0, 0.05) is 25.6 Å². The van der Waals surface area contributed by atoms with E-state index in [0.29, 0.717) is 23.8 Å². The molecular formula is C17H36FNO2. The standard InChI is InChI=1S/C13H23NO2.2C2H6.FH/c1-10(2)16-9-11-5-7-14(8-6-11)13(15)12-3-4-12;2*1-2;/h10-12H,3-9H2,1-2H3;2*1-2H3;1H. The Morgan fingerprint density at radius 2 is 1.52 bits per heavy atom. The van der Waals surface area contributed by atoms with E-state index in [1.165, 1.54) is 0 Å². The van der Waals surface area contributed by atoms with Crippen LogP contribution in [0.15, 0.2) is 0 Å². The van der Waals surface area contributed by atoms with Crippen LogP contribution in [0.3, 0.4) is 0 Å². The van der Waals surface area contributed by atoms with Crippen molar-refractivity contribution in [1.29, 1.82) is 0 Å². The molecular weight excluding hydrogens is 269 g/mol. The molecule has 0 aromatic carbocycles. The van der Waals surface area contributed by atoms with Gasteiger partial charge in [-0.05, 0) is 45.4 Å². The van der Waals surface area contributed by atoms with Crippen LogP contribution in [0.4, 0.5) is 4.70 Å². The molecule has 2 fully saturated rings. The molecule has 3 nitrogen and oxygen atoms in total. The molecule has 0 radical (unpaired) electrons. The summed E-state index contributed by atoms with van der Waals surface area (Å²) in [4.78, 5) is 13.9. The topological polar surface area (TPSA) is 29.5 Å². The monoisotopic (exact) mass is 305 g/mol. The summed E-state index contributed by atoms with van der Waals surface area (Å²) in [7, 11) is 0. The highest BCUT2D eigenvalue weighted by atomic mass is 19.0. The van der Waals surface area contributed by atoms with Crippen molar-refractivity contribution in [1.82, 2.24) is 4.90 Å². The van der Waals surface area contributed by atoms with Gasteiger partial charge in [0.15, 0.2) is 0 Å². The Balaban J connectivity index is 0. The Morgan fingerprint density at radius 3 is 1.90 bits per heavy atom. The fourth-order valence-electron chi connectivity index (χ4n) is 2.24. The first-order valence-electron chi connectivity index (χ1n) is 8.57. The number of halogens is 1. The van der Waals surface area contributed by atoms with E-state index in [1.54, 1.807) is 0 Å². The van der Waals surface area contributed by atoms with Crippen molar-refractivity contribution >= 4 is 5.91 Å². The number of carbonyl (C=O) groups excluding carboxylic acids is 1. The van der Waals surface area contributed by atoms with Gasteiger partial charge in [0.1, 0.15) is 0 Å². The summed E-state index contributed by atoms with van der Waals surface area (Å²) in [6.45, 7) is 14.9. The Bertz CT molecular complexity index is 247. The number of amides is 1. The van der Waals surface area contributed by atoms with Gasteiger partial charge in [0.05, 0.1) is 6.10 Å². The van der Waals surface area contributed by atoms with Gasteiger partial charge < -0.3 is 9.64 Å². The Hall–Kier alpha value is -0.640. The molecule has 1 aliphatic carbocycles. The Morgan fingerprint density at radius 1 is 1.05 bits per heavy atom. The number of hydrogen-bond donors (Lipinski definition) is 0. The quantitative estimate of drug-likeness (QED) is 0.776. The maximum atomic E-state index is 11.8. The van der Waals surface area contributed by atoms with E-state index in [9.17, 15) is 4.79 Å². The number of hydrogen-bond acceptors (Lipinski definition) is 2. The molecule has 1 saturated heterocycles. The van der Waals surface area contributed by atoms with Crippen LogP contribution in [0.5, 0.6) is 0 Å². The third-order valence-electron chi connectivity index (χ3n) is 3.52. The SMILES string of the molecule is CC.CC.CC(C)OCC1CCN(C(=O)C2CC2)CC1.F. The zero-order valence-electron chi connectivity index (χ0n) is 14.9. The lowest BCUT2D eigenvalue weighted by Crippen LogP contribution is -2.40. The first kappa shape index (κ1) is 22.6. The number of likely N-dealkylation sites (tertiary alicyclic amines) is 1. The number of rotatable bonds is 4. The first-order chi connectivity index (χ1) is 9.66. The van der Waals surface area contributed by atoms with Crippen molar-refractivity contribution < 1.29 is 14.2 Å². The summed E-state index contributed by atoms with van der Waals surface area (Å²) in [5.41, 5.74) is 0. The molecule has 2 aliphatic rings. The van der Waals surface area contributed by atoms with Crippen molar-refractivity contribution in [2.75, 3.05) is 19.7 Å². The van der Waals surface area contributed by atoms with E-state index in [0.717, 1.165) is 45.4 Å². The van der Waals surface area contributed by atoms with E-state index in [-0.39, 0.29) is 4.70 Å². The molecule has 0 N–H and O–H groups in total. The zero-order chi connectivity index (χ0) is 15.5. The van der Waals surface area contributed by atoms with Gasteiger partial charge in [0.2, 0.25) is 5.91 Å². The van der Waals surface area contributed by atoms with Crippen molar-refractivity contribution in [3.05, 3.63) is 0 Å². The molecule has 2 rings (SSSR count). The maximum absolute atomic E-state index is 11.8. The fraction of sp³-hybridized carbons (Fsp3) is 0.941. The predicted octanol–water partition coefficient (Wildman–Crippen LogP) is 4.26. The van der Waals surface area contributed by atoms with Crippen LogP contribution < -0.4 is 0 Å². The molecule has 0 unspecified atom stereocenters. The highest BCUT2D eigenvalue weighted by Gasteiger charge is 2.34. The number of nitrogens with zero attached hydrogens (tertiary/aromatic N) is 1. The Kier molecular flexibility index (Phi) is 14.1. The van der Waals surface area contributed by atoms with E-state index >= 15 is 0 Å². The van der Waals surface area contributed by atoms with Crippen LogP contribution in [-0.4, -0.2) is 36.6 Å². The van der Waals surface area contributed by atoms with Crippen molar-refractivity contribution in [2.45, 2.75) is 73.3 Å². The molecule has 4 heteroatoms. The molecule has 21 heavy (non-hydrogen) atoms. The second kappa shape index (κ2) is 13.1. The van der Waals surface area contributed by atoms with E-state index in [1.807, 2.05) is 27.7 Å². The summed E-state index contributed by atoms with van der Waals surface area (Å²) in [6.07, 6.45) is 4.80. The minimum atomic E-state index is 0. The molecule has 1 saturated carbocycles. The van der Waals surface area contributed by atoms with Gasteiger partial charge in [-0.3, -0.25) is 9.50 Å². The second-order valence-electron chi connectivity index (χ2n) is 5.43. The van der Waals surface area contributed by atoms with Crippen LogP contribution in [-0.2, 0) is 9.53 Å². The van der Waals surface area contributed by atoms with Crippen LogP contribution >= 0.6 is 0 Å². The van der Waals surface area contributed by atoms with E-state index < -0.39 is 0 Å². The minimum Gasteiger partial charge on any atom is -0.379 e. The van der Waals surface area contributed by atoms with Crippen molar-refractivity contribution in [3.8, 4) is 0 Å². The van der Waals surface area contributed by atoms with Gasteiger partial charge in [0.25, 0.3) is 0 Å². The summed E-state index contributed by atoms with van der Waals surface area (Å²) in [5.74, 6) is 1.44. The van der Waals surface area contributed by atoms with Gasteiger partial charge in [-0.25, -0.2) is 0 Å². The lowest BCUT2D eigenvalue weighted by atomic mass is 9.97. The average molecular weight is 305 g/mol. The molecule has 128 valence electrons. The average Bonchev–Trinajstić information content (AvgIpc) is 3.34. The van der Waals surface area contributed by atoms with E-state index in [4.69, 9.17) is 4.74 Å². The molecule has 1 aliphatic heterocycles. The highest BCUT2D eigenvalue weighted by Crippen LogP contribution is 2.32. The predicted molar refractivity (Wildman–Crippen MR) is 88.3 cm³/mol. The number of ether oxygens (including phenoxy) is 1. The summed E-state index contributed by atoms with van der Waals surface area (Å²) in [5, 5.41) is 0. The van der Waals surface area contributed by atoms with E-state index in [2.05, 4.69) is 18.7 Å². The molecule has 0 aromatic heterocycles. The molecule has 0 spiro atoms. The third-order valence-corrected chi connectivity index (χ3v) is 3.52. The summed E-state index contributed by atoms with van der Waals surface area (Å²) < 4.78 is 5.63. The summed E-state index contributed by atoms with van der Waals surface area (Å²) in [6, 6.07) is 0. The second-order valence-corrected chi connectivity index (χ2v) is 5.43. The van der Waals surface area contributed by atoms with Crippen LogP contribution in [0.1, 0.15) is 67.2 Å². The minimum absolute atomic E-state index is 0. The molecule has 0 atom stereocenters. The van der Waals surface area contributed by atoms with Gasteiger partial charge in [-0.2, -0.15) is 0 Å². The van der Waals surface area contributed by atoms with Crippen molar-refractivity contribution in [3.63, 3.8) is 0 Å². The number of carbonyl (C=O) groups is 1. The smallest absolute Gasteiger partial charge is 0.225 e. The zero-order valence-corrected chi connectivity index (χ0v) is 14.9. The molecule has 0 bridgehead atoms. The normalized spacial score (nSPS) is 18.0. The van der Waals surface area contributed by atoms with Gasteiger partial charge in [-0.15, -0.1) is 0 Å². The van der Waals surface area contributed by atoms with Crippen LogP contribution in [0.25, 0.3) is 0 Å². The Labute approximate surface area is 130 Å². The first-order valence-corrected chi connectivity index (χ1v) is 8.57. The fourth-order valence-corrected chi connectivity index (χ4v) is 2.24. The molecule has 1 heterocycles. The lowest BCUT2D eigenvalue weighted by molar-refractivity contribution is -0.134. The number of piperidine rings is 1. The van der Waals surface area contributed by atoms with Crippen LogP contribution in [0, 0.1) is 11.8 Å². The van der Waals surface area contributed by atoms with Crippen LogP contribution in [0.2, 0.25) is 0 Å². The molecule has 1 amide bonds. The highest BCUT2D eigenvalue weighted by molar-refractivity contribution is 5.81. The van der Waals surface area contributed by atoms with Gasteiger partial charge >= 0.3 is 0 Å². The lowest BCUT2D eigenvalue weighted by Gasteiger charge is -2.32. The van der Waals surface area contributed by atoms with Crippen molar-refractivity contribution in [2.24, 2.45) is 11.8 Å². The largest absolute Gasteiger partial charge is 0.379 e. The maximum Gasteiger partial charge on any atom is 0.225 e.